The third-order valence-electron chi connectivity index (χ3n) is 3.67. The van der Waals surface area contributed by atoms with E-state index in [0.717, 1.165) is 25.3 Å². The number of pyridine rings is 1. The minimum Gasteiger partial charge on any atom is -0.325 e. The molecule has 0 aliphatic heterocycles. The van der Waals surface area contributed by atoms with Gasteiger partial charge in [0.25, 0.3) is 0 Å². The molecule has 0 aliphatic rings. The fourth-order valence-electron chi connectivity index (χ4n) is 2.35. The molecule has 0 bridgehead atoms. The highest BCUT2D eigenvalue weighted by molar-refractivity contribution is 5.26. The summed E-state index contributed by atoms with van der Waals surface area (Å²) in [6, 6.07) is 12.7. The Labute approximate surface area is 121 Å². The van der Waals surface area contributed by atoms with Gasteiger partial charge < -0.3 is 5.73 Å². The second-order valence-corrected chi connectivity index (χ2v) is 5.04. The van der Waals surface area contributed by atoms with Crippen LogP contribution in [-0.4, -0.2) is 16.4 Å². The lowest BCUT2D eigenvalue weighted by Crippen LogP contribution is -2.24. The van der Waals surface area contributed by atoms with Gasteiger partial charge in [-0.1, -0.05) is 37.3 Å². The Bertz CT molecular complexity index is 551. The van der Waals surface area contributed by atoms with Gasteiger partial charge in [-0.15, -0.1) is 0 Å². The van der Waals surface area contributed by atoms with Crippen molar-refractivity contribution in [3.63, 3.8) is 0 Å². The van der Waals surface area contributed by atoms with Crippen LogP contribution < -0.4 is 5.73 Å². The summed E-state index contributed by atoms with van der Waals surface area (Å²) in [5.41, 5.74) is 10.7. The van der Waals surface area contributed by atoms with Crippen molar-refractivity contribution >= 4 is 0 Å². The van der Waals surface area contributed by atoms with E-state index in [0.29, 0.717) is 6.54 Å². The van der Waals surface area contributed by atoms with E-state index in [1.165, 1.54) is 16.7 Å². The maximum atomic E-state index is 5.76. The molecule has 106 valence electrons. The zero-order chi connectivity index (χ0) is 14.4. The van der Waals surface area contributed by atoms with E-state index < -0.39 is 0 Å². The normalized spacial score (nSPS) is 11.0. The predicted molar refractivity (Wildman–Crippen MR) is 83.1 cm³/mol. The number of nitrogens with two attached hydrogens (primary N) is 1. The van der Waals surface area contributed by atoms with E-state index in [1.807, 2.05) is 12.3 Å². The van der Waals surface area contributed by atoms with Crippen LogP contribution in [0.2, 0.25) is 0 Å². The molecule has 2 N–H and O–H groups in total. The van der Waals surface area contributed by atoms with Crippen LogP contribution in [0.15, 0.2) is 42.6 Å². The van der Waals surface area contributed by atoms with E-state index in [9.17, 15) is 0 Å². The molecule has 1 aromatic carbocycles. The lowest BCUT2D eigenvalue weighted by atomic mass is 10.1. The van der Waals surface area contributed by atoms with Crippen molar-refractivity contribution in [1.82, 2.24) is 9.88 Å². The van der Waals surface area contributed by atoms with E-state index in [-0.39, 0.29) is 0 Å². The lowest BCUT2D eigenvalue weighted by molar-refractivity contribution is 0.269. The van der Waals surface area contributed by atoms with Crippen LogP contribution in [-0.2, 0) is 19.6 Å². The van der Waals surface area contributed by atoms with Crippen molar-refractivity contribution in [1.29, 1.82) is 0 Å². The quantitative estimate of drug-likeness (QED) is 0.877. The van der Waals surface area contributed by atoms with Crippen molar-refractivity contribution in [2.24, 2.45) is 5.73 Å². The van der Waals surface area contributed by atoms with Crippen LogP contribution in [0, 0.1) is 6.92 Å². The molecule has 0 saturated carbocycles. The van der Waals surface area contributed by atoms with Crippen LogP contribution in [0.3, 0.4) is 0 Å². The number of aromatic nitrogens is 1. The van der Waals surface area contributed by atoms with Crippen LogP contribution in [0.1, 0.15) is 29.3 Å². The first-order valence-corrected chi connectivity index (χ1v) is 7.14. The highest BCUT2D eigenvalue weighted by atomic mass is 15.1. The lowest BCUT2D eigenvalue weighted by Gasteiger charge is -2.22. The Morgan fingerprint density at radius 3 is 2.45 bits per heavy atom. The zero-order valence-corrected chi connectivity index (χ0v) is 12.3. The maximum Gasteiger partial charge on any atom is 0.0584 e. The average Bonchev–Trinajstić information content (AvgIpc) is 2.49. The topological polar surface area (TPSA) is 42.2 Å². The molecule has 0 amide bonds. The van der Waals surface area contributed by atoms with Crippen molar-refractivity contribution in [3.05, 3.63) is 65.0 Å². The Morgan fingerprint density at radius 2 is 1.75 bits per heavy atom. The summed E-state index contributed by atoms with van der Waals surface area (Å²) in [7, 11) is 0. The molecule has 20 heavy (non-hydrogen) atoms. The summed E-state index contributed by atoms with van der Waals surface area (Å²) in [6.45, 7) is 7.72. The van der Waals surface area contributed by atoms with E-state index in [1.54, 1.807) is 0 Å². The van der Waals surface area contributed by atoms with Gasteiger partial charge in [0.2, 0.25) is 0 Å². The maximum absolute atomic E-state index is 5.76. The van der Waals surface area contributed by atoms with Gasteiger partial charge in [0, 0.05) is 25.8 Å². The third kappa shape index (κ3) is 3.65. The molecule has 3 heteroatoms. The van der Waals surface area contributed by atoms with E-state index >= 15 is 0 Å². The minimum absolute atomic E-state index is 0.498. The van der Waals surface area contributed by atoms with Crippen LogP contribution in [0.5, 0.6) is 0 Å². The fourth-order valence-corrected chi connectivity index (χ4v) is 2.35. The Balaban J connectivity index is 2.11. The van der Waals surface area contributed by atoms with Crippen molar-refractivity contribution in [2.45, 2.75) is 33.5 Å². The smallest absolute Gasteiger partial charge is 0.0584 e. The Morgan fingerprint density at radius 1 is 1.05 bits per heavy atom. The van der Waals surface area contributed by atoms with E-state index in [2.05, 4.69) is 54.1 Å². The second-order valence-electron chi connectivity index (χ2n) is 5.04. The van der Waals surface area contributed by atoms with Gasteiger partial charge in [-0.05, 0) is 36.2 Å². The second kappa shape index (κ2) is 7.17. The molecule has 0 atom stereocenters. The molecule has 0 saturated heterocycles. The molecule has 2 rings (SSSR count). The van der Waals surface area contributed by atoms with Crippen LogP contribution in [0.25, 0.3) is 0 Å². The Kier molecular flexibility index (Phi) is 5.27. The van der Waals surface area contributed by atoms with E-state index in [4.69, 9.17) is 5.73 Å². The van der Waals surface area contributed by atoms with Gasteiger partial charge in [0.1, 0.15) is 0 Å². The third-order valence-corrected chi connectivity index (χ3v) is 3.67. The van der Waals surface area contributed by atoms with Crippen LogP contribution >= 0.6 is 0 Å². The summed E-state index contributed by atoms with van der Waals surface area (Å²) in [5.74, 6) is 0. The molecular formula is C17H23N3. The van der Waals surface area contributed by atoms with Gasteiger partial charge >= 0.3 is 0 Å². The number of aryl methyl sites for hydroxylation is 1. The molecule has 0 radical (unpaired) electrons. The molecule has 0 fully saturated rings. The molecule has 0 aliphatic carbocycles. The SMILES string of the molecule is CCN(Cc1ccccc1C)Cc1cccnc1CN. The molecule has 1 heterocycles. The number of rotatable bonds is 6. The highest BCUT2D eigenvalue weighted by Crippen LogP contribution is 2.14. The summed E-state index contributed by atoms with van der Waals surface area (Å²) in [4.78, 5) is 6.77. The summed E-state index contributed by atoms with van der Waals surface area (Å²) < 4.78 is 0. The number of hydrogen-bond donors (Lipinski definition) is 1. The van der Waals surface area contributed by atoms with Crippen molar-refractivity contribution in [2.75, 3.05) is 6.54 Å². The predicted octanol–water partition coefficient (Wildman–Crippen LogP) is 2.87. The number of hydrogen-bond acceptors (Lipinski definition) is 3. The van der Waals surface area contributed by atoms with Gasteiger partial charge in [0.15, 0.2) is 0 Å². The zero-order valence-electron chi connectivity index (χ0n) is 12.3. The van der Waals surface area contributed by atoms with Crippen molar-refractivity contribution in [3.8, 4) is 0 Å². The van der Waals surface area contributed by atoms with Gasteiger partial charge in [-0.3, -0.25) is 9.88 Å². The first kappa shape index (κ1) is 14.7. The fraction of sp³-hybridized carbons (Fsp3) is 0.353. The van der Waals surface area contributed by atoms with Gasteiger partial charge in [-0.2, -0.15) is 0 Å². The number of benzene rings is 1. The minimum atomic E-state index is 0.498. The van der Waals surface area contributed by atoms with Crippen LogP contribution in [0.4, 0.5) is 0 Å². The summed E-state index contributed by atoms with van der Waals surface area (Å²) in [6.07, 6.45) is 1.81. The standard InChI is InChI=1S/C17H23N3/c1-3-20(12-15-8-5-4-7-14(15)2)13-16-9-6-10-19-17(16)11-18/h4-10H,3,11-13,18H2,1-2H3. The largest absolute Gasteiger partial charge is 0.325 e. The summed E-state index contributed by atoms with van der Waals surface area (Å²) in [5, 5.41) is 0. The van der Waals surface area contributed by atoms with Crippen molar-refractivity contribution < 1.29 is 0 Å². The number of nitrogens with zero attached hydrogens (tertiary/aromatic N) is 2. The first-order chi connectivity index (χ1) is 9.74. The Hall–Kier alpha value is -1.71. The molecular weight excluding hydrogens is 246 g/mol. The molecule has 0 unspecified atom stereocenters. The summed E-state index contributed by atoms with van der Waals surface area (Å²) >= 11 is 0. The van der Waals surface area contributed by atoms with Gasteiger partial charge in [0.05, 0.1) is 5.69 Å². The van der Waals surface area contributed by atoms with Gasteiger partial charge in [-0.25, -0.2) is 0 Å². The first-order valence-electron chi connectivity index (χ1n) is 7.14. The monoisotopic (exact) mass is 269 g/mol. The molecule has 3 nitrogen and oxygen atoms in total. The average molecular weight is 269 g/mol. The molecule has 2 aromatic rings. The molecule has 0 spiro atoms. The molecule has 1 aromatic heterocycles. The highest BCUT2D eigenvalue weighted by Gasteiger charge is 2.09.